The van der Waals surface area contributed by atoms with E-state index in [0.29, 0.717) is 39.3 Å². The second-order valence-electron chi connectivity index (χ2n) is 8.49. The molecule has 0 bridgehead atoms. The third-order valence-electron chi connectivity index (χ3n) is 6.04. The lowest BCUT2D eigenvalue weighted by Crippen LogP contribution is -2.22. The summed E-state index contributed by atoms with van der Waals surface area (Å²) in [6.45, 7) is 7.45. The molecular formula is C25H25F2N8O-. The maximum Gasteiger partial charge on any atom is 0.181 e. The largest absolute Gasteiger partial charge is 0.767 e. The first kappa shape index (κ1) is 25.0. The van der Waals surface area contributed by atoms with Crippen molar-refractivity contribution >= 4 is 22.7 Å². The van der Waals surface area contributed by atoms with Crippen molar-refractivity contribution in [3.8, 4) is 17.3 Å². The predicted octanol–water partition coefficient (Wildman–Crippen LogP) is 5.53. The van der Waals surface area contributed by atoms with Gasteiger partial charge < -0.3 is 15.9 Å². The van der Waals surface area contributed by atoms with Crippen molar-refractivity contribution < 1.29 is 8.78 Å². The highest BCUT2D eigenvalue weighted by molar-refractivity contribution is 5.83. The number of hydrogen-bond acceptors (Lipinski definition) is 8. The average molecular weight is 492 g/mol. The number of fused-ring (bicyclic) bond motifs is 1. The Hall–Kier alpha value is -4.14. The molecular weight excluding hydrogens is 466 g/mol. The quantitative estimate of drug-likeness (QED) is 0.309. The van der Waals surface area contributed by atoms with Gasteiger partial charge in [-0.25, -0.2) is 8.78 Å². The van der Waals surface area contributed by atoms with Gasteiger partial charge in [0.15, 0.2) is 11.5 Å². The van der Waals surface area contributed by atoms with Gasteiger partial charge in [0.25, 0.3) is 0 Å². The van der Waals surface area contributed by atoms with Gasteiger partial charge in [-0.2, -0.15) is 14.9 Å². The first-order valence-electron chi connectivity index (χ1n) is 11.4. The molecule has 2 aromatic heterocycles. The maximum atomic E-state index is 14.5. The highest BCUT2D eigenvalue weighted by Gasteiger charge is 2.22. The van der Waals surface area contributed by atoms with Gasteiger partial charge in [0.1, 0.15) is 11.6 Å². The van der Waals surface area contributed by atoms with E-state index in [0.717, 1.165) is 17.7 Å². The molecule has 4 aromatic rings. The maximum absolute atomic E-state index is 14.5. The number of halogens is 2. The molecule has 0 spiro atoms. The fraction of sp³-hybridized carbons (Fsp3) is 0.280. The zero-order chi connectivity index (χ0) is 26.0. The van der Waals surface area contributed by atoms with E-state index in [1.807, 2.05) is 19.9 Å². The van der Waals surface area contributed by atoms with Crippen LogP contribution in [0.4, 0.5) is 25.8 Å². The SMILES string of the molecule is CCN([O-])Nc1ccc(Nc2ccc(F)cc2F)c(-c2cc(C(C)[C@@H](C)C#N)c3nnc(C)n3n2)c1. The van der Waals surface area contributed by atoms with Crippen molar-refractivity contribution in [2.45, 2.75) is 33.6 Å². The topological polar surface area (TPSA) is 117 Å². The Labute approximate surface area is 206 Å². The van der Waals surface area contributed by atoms with E-state index in [4.69, 9.17) is 5.10 Å². The summed E-state index contributed by atoms with van der Waals surface area (Å²) in [5, 5.41) is 38.2. The highest BCUT2D eigenvalue weighted by atomic mass is 19.1. The lowest BCUT2D eigenvalue weighted by molar-refractivity contribution is 0.478. The van der Waals surface area contributed by atoms with Crippen molar-refractivity contribution in [2.24, 2.45) is 5.92 Å². The van der Waals surface area contributed by atoms with Crippen LogP contribution in [0.15, 0.2) is 42.5 Å². The Morgan fingerprint density at radius 3 is 2.56 bits per heavy atom. The zero-order valence-corrected chi connectivity index (χ0v) is 20.3. The van der Waals surface area contributed by atoms with Gasteiger partial charge in [0.05, 0.1) is 23.4 Å². The summed E-state index contributed by atoms with van der Waals surface area (Å²) in [5.41, 5.74) is 6.13. The summed E-state index contributed by atoms with van der Waals surface area (Å²) in [5.74, 6) is -1.38. The van der Waals surface area contributed by atoms with Gasteiger partial charge in [0, 0.05) is 41.0 Å². The van der Waals surface area contributed by atoms with Crippen molar-refractivity contribution in [3.05, 3.63) is 70.7 Å². The Morgan fingerprint density at radius 1 is 1.11 bits per heavy atom. The van der Waals surface area contributed by atoms with E-state index in [9.17, 15) is 19.2 Å². The summed E-state index contributed by atoms with van der Waals surface area (Å²) < 4.78 is 29.5. The molecule has 0 saturated heterocycles. The molecule has 0 aliphatic heterocycles. The minimum Gasteiger partial charge on any atom is -0.767 e. The van der Waals surface area contributed by atoms with Crippen LogP contribution in [0.25, 0.3) is 16.9 Å². The fourth-order valence-corrected chi connectivity index (χ4v) is 3.75. The van der Waals surface area contributed by atoms with Crippen LogP contribution in [0, 0.1) is 41.0 Å². The highest BCUT2D eigenvalue weighted by Crippen LogP contribution is 2.36. The predicted molar refractivity (Wildman–Crippen MR) is 133 cm³/mol. The first-order valence-corrected chi connectivity index (χ1v) is 11.4. The molecule has 0 aliphatic carbocycles. The number of benzene rings is 2. The molecule has 2 N–H and O–H groups in total. The number of anilines is 3. The molecule has 36 heavy (non-hydrogen) atoms. The smallest absolute Gasteiger partial charge is 0.181 e. The Balaban J connectivity index is 1.91. The molecule has 186 valence electrons. The first-order chi connectivity index (χ1) is 17.2. The molecule has 0 aliphatic rings. The number of nitriles is 1. The third kappa shape index (κ3) is 4.95. The standard InChI is InChI=1S/C25H25F2N8O/c1-5-34(36)32-18-7-9-22(29-23-8-6-17(26)10-21(23)27)20(11-18)24-12-19(15(3)14(2)13-28)25-31-30-16(4)35(25)33-24/h6-12,14-15,29,32H,5H2,1-4H3/q-1/t14-,15?/m0/s1. The summed E-state index contributed by atoms with van der Waals surface area (Å²) in [4.78, 5) is 0. The van der Waals surface area contributed by atoms with Crippen molar-refractivity contribution in [1.82, 2.24) is 25.0 Å². The number of aromatic nitrogens is 4. The van der Waals surface area contributed by atoms with Crippen LogP contribution in [0.1, 0.15) is 38.1 Å². The molecule has 9 nitrogen and oxygen atoms in total. The molecule has 0 fully saturated rings. The molecule has 11 heteroatoms. The van der Waals surface area contributed by atoms with Gasteiger partial charge in [0.2, 0.25) is 0 Å². The number of hydrazine groups is 1. The molecule has 0 radical (unpaired) electrons. The van der Waals surface area contributed by atoms with Crippen LogP contribution in [0.5, 0.6) is 0 Å². The third-order valence-corrected chi connectivity index (χ3v) is 6.04. The van der Waals surface area contributed by atoms with Crippen molar-refractivity contribution in [2.75, 3.05) is 17.3 Å². The van der Waals surface area contributed by atoms with E-state index in [2.05, 4.69) is 27.0 Å². The fourth-order valence-electron chi connectivity index (χ4n) is 3.75. The van der Waals surface area contributed by atoms with Gasteiger partial charge >= 0.3 is 0 Å². The van der Waals surface area contributed by atoms with Gasteiger partial charge in [-0.15, -0.1) is 10.2 Å². The van der Waals surface area contributed by atoms with Gasteiger partial charge in [-0.05, 0) is 50.2 Å². The molecule has 1 unspecified atom stereocenters. The normalized spacial score (nSPS) is 13.0. The molecule has 0 saturated carbocycles. The van der Waals surface area contributed by atoms with Crippen LogP contribution in [0.2, 0.25) is 0 Å². The molecule has 2 atom stereocenters. The van der Waals surface area contributed by atoms with E-state index in [1.54, 1.807) is 36.6 Å². The van der Waals surface area contributed by atoms with Crippen molar-refractivity contribution in [3.63, 3.8) is 0 Å². The molecule has 4 rings (SSSR count). The van der Waals surface area contributed by atoms with E-state index < -0.39 is 11.6 Å². The number of nitrogens with one attached hydrogen (secondary N) is 2. The number of rotatable bonds is 8. The van der Waals surface area contributed by atoms with Crippen LogP contribution >= 0.6 is 0 Å². The van der Waals surface area contributed by atoms with E-state index >= 15 is 0 Å². The minimum atomic E-state index is -0.755. The van der Waals surface area contributed by atoms with E-state index in [1.165, 1.54) is 6.07 Å². The number of hydrogen-bond donors (Lipinski definition) is 2. The summed E-state index contributed by atoms with van der Waals surface area (Å²) in [6.07, 6.45) is 0. The Kier molecular flexibility index (Phi) is 7.10. The second-order valence-corrected chi connectivity index (χ2v) is 8.49. The Morgan fingerprint density at radius 2 is 1.86 bits per heavy atom. The van der Waals surface area contributed by atoms with Crippen LogP contribution in [0.3, 0.4) is 0 Å². The average Bonchev–Trinajstić information content (AvgIpc) is 3.25. The summed E-state index contributed by atoms with van der Waals surface area (Å²) in [6, 6.07) is 12.4. The summed E-state index contributed by atoms with van der Waals surface area (Å²) in [7, 11) is 0. The van der Waals surface area contributed by atoms with E-state index in [-0.39, 0.29) is 24.1 Å². The number of nitrogens with zero attached hydrogens (tertiary/aromatic N) is 6. The molecule has 0 amide bonds. The lowest BCUT2D eigenvalue weighted by Gasteiger charge is -2.28. The monoisotopic (exact) mass is 491 g/mol. The number of hydroxylamine groups is 1. The lowest BCUT2D eigenvalue weighted by atomic mass is 9.90. The second kappa shape index (κ2) is 10.2. The Bertz CT molecular complexity index is 1450. The van der Waals surface area contributed by atoms with Crippen molar-refractivity contribution in [1.29, 1.82) is 5.26 Å². The zero-order valence-electron chi connectivity index (χ0n) is 20.3. The summed E-state index contributed by atoms with van der Waals surface area (Å²) >= 11 is 0. The molecule has 2 aromatic carbocycles. The minimum absolute atomic E-state index is 0.0746. The number of aryl methyl sites for hydroxylation is 1. The van der Waals surface area contributed by atoms with Crippen LogP contribution < -0.4 is 10.7 Å². The van der Waals surface area contributed by atoms with Crippen LogP contribution in [-0.4, -0.2) is 31.5 Å². The van der Waals surface area contributed by atoms with Gasteiger partial charge in [-0.3, -0.25) is 5.17 Å². The molecule has 2 heterocycles. The van der Waals surface area contributed by atoms with Crippen LogP contribution in [-0.2, 0) is 0 Å². The van der Waals surface area contributed by atoms with Gasteiger partial charge in [-0.1, -0.05) is 13.8 Å².